The highest BCUT2D eigenvalue weighted by Gasteiger charge is 2.40. The van der Waals surface area contributed by atoms with Gasteiger partial charge in [-0.05, 0) is 25.0 Å². The lowest BCUT2D eigenvalue weighted by atomic mass is 9.89. The molecule has 2 saturated heterocycles. The average molecular weight is 405 g/mol. The van der Waals surface area contributed by atoms with Gasteiger partial charge in [0.05, 0.1) is 32.3 Å². The minimum absolute atomic E-state index is 0.0209. The molecule has 0 aliphatic carbocycles. The number of anilines is 1. The van der Waals surface area contributed by atoms with Gasteiger partial charge < -0.3 is 24.0 Å². The van der Waals surface area contributed by atoms with Crippen molar-refractivity contribution in [2.75, 3.05) is 44.9 Å². The largest absolute Gasteiger partial charge is 0.469 e. The van der Waals surface area contributed by atoms with Gasteiger partial charge in [0.25, 0.3) is 0 Å². The van der Waals surface area contributed by atoms with Gasteiger partial charge in [-0.2, -0.15) is 0 Å². The SMILES string of the molecule is CCC(=O)N(c1ccccc1)C1CCN(CCC2OCCCO2)CC1C(=O)OC. The van der Waals surface area contributed by atoms with Crippen molar-refractivity contribution < 1.29 is 23.8 Å². The second-order valence-electron chi connectivity index (χ2n) is 7.55. The standard InChI is InChI=1S/C22H32N2O5/c1-3-20(25)24(17-8-5-4-6-9-17)19-10-12-23(16-18(19)22(26)27-2)13-11-21-28-14-7-15-29-21/h4-6,8-9,18-19,21H,3,7,10-16H2,1-2H3. The Bertz CT molecular complexity index is 662. The first-order valence-corrected chi connectivity index (χ1v) is 10.5. The Kier molecular flexibility index (Phi) is 8.03. The Balaban J connectivity index is 1.72. The van der Waals surface area contributed by atoms with E-state index in [2.05, 4.69) is 4.90 Å². The van der Waals surface area contributed by atoms with Crippen LogP contribution >= 0.6 is 0 Å². The predicted octanol–water partition coefficient (Wildman–Crippen LogP) is 2.45. The van der Waals surface area contributed by atoms with Crippen LogP contribution < -0.4 is 4.90 Å². The smallest absolute Gasteiger partial charge is 0.312 e. The summed E-state index contributed by atoms with van der Waals surface area (Å²) >= 11 is 0. The first-order chi connectivity index (χ1) is 14.1. The Hall–Kier alpha value is -1.96. The van der Waals surface area contributed by atoms with Crippen LogP contribution in [0.25, 0.3) is 0 Å². The molecule has 3 rings (SSSR count). The first kappa shape index (κ1) is 21.7. The zero-order valence-electron chi connectivity index (χ0n) is 17.4. The second kappa shape index (κ2) is 10.7. The Morgan fingerprint density at radius 2 is 1.93 bits per heavy atom. The summed E-state index contributed by atoms with van der Waals surface area (Å²) in [6, 6.07) is 9.39. The van der Waals surface area contributed by atoms with Crippen LogP contribution in [0.5, 0.6) is 0 Å². The maximum absolute atomic E-state index is 12.8. The maximum atomic E-state index is 12.8. The third-order valence-corrected chi connectivity index (χ3v) is 5.68. The van der Waals surface area contributed by atoms with E-state index in [-0.39, 0.29) is 24.2 Å². The summed E-state index contributed by atoms with van der Waals surface area (Å²) in [4.78, 5) is 29.5. The number of para-hydroxylation sites is 1. The fourth-order valence-corrected chi connectivity index (χ4v) is 4.17. The van der Waals surface area contributed by atoms with E-state index in [9.17, 15) is 9.59 Å². The molecule has 2 atom stereocenters. The quantitative estimate of drug-likeness (QED) is 0.651. The number of rotatable bonds is 7. The summed E-state index contributed by atoms with van der Waals surface area (Å²) in [7, 11) is 1.41. The third-order valence-electron chi connectivity index (χ3n) is 5.68. The minimum Gasteiger partial charge on any atom is -0.469 e. The molecule has 0 radical (unpaired) electrons. The number of methoxy groups -OCH3 is 1. The second-order valence-corrected chi connectivity index (χ2v) is 7.55. The molecule has 1 aromatic rings. The van der Waals surface area contributed by atoms with Crippen LogP contribution in [0.4, 0.5) is 5.69 Å². The van der Waals surface area contributed by atoms with Gasteiger partial charge in [0, 0.05) is 38.2 Å². The van der Waals surface area contributed by atoms with E-state index in [0.717, 1.165) is 44.8 Å². The molecule has 0 saturated carbocycles. The number of esters is 1. The predicted molar refractivity (Wildman–Crippen MR) is 109 cm³/mol. The molecular weight excluding hydrogens is 372 g/mol. The van der Waals surface area contributed by atoms with Gasteiger partial charge >= 0.3 is 5.97 Å². The number of ether oxygens (including phenoxy) is 3. The highest BCUT2D eigenvalue weighted by atomic mass is 16.7. The van der Waals surface area contributed by atoms with Crippen molar-refractivity contribution in [2.45, 2.75) is 44.9 Å². The number of piperidine rings is 1. The van der Waals surface area contributed by atoms with Crippen molar-refractivity contribution in [3.8, 4) is 0 Å². The fourth-order valence-electron chi connectivity index (χ4n) is 4.17. The zero-order valence-corrected chi connectivity index (χ0v) is 17.4. The van der Waals surface area contributed by atoms with Gasteiger partial charge in [-0.3, -0.25) is 9.59 Å². The summed E-state index contributed by atoms with van der Waals surface area (Å²) in [5.74, 6) is -0.639. The van der Waals surface area contributed by atoms with Gasteiger partial charge in [0.15, 0.2) is 6.29 Å². The van der Waals surface area contributed by atoms with Crippen LogP contribution in [0.3, 0.4) is 0 Å². The number of benzene rings is 1. The summed E-state index contributed by atoms with van der Waals surface area (Å²) in [6.45, 7) is 5.49. The highest BCUT2D eigenvalue weighted by Crippen LogP contribution is 2.29. The summed E-state index contributed by atoms with van der Waals surface area (Å²) in [5, 5.41) is 0. The molecule has 29 heavy (non-hydrogen) atoms. The number of carbonyl (C=O) groups is 2. The van der Waals surface area contributed by atoms with Gasteiger partial charge in [-0.25, -0.2) is 0 Å². The molecule has 1 amide bonds. The van der Waals surface area contributed by atoms with Gasteiger partial charge in [0.1, 0.15) is 0 Å². The maximum Gasteiger partial charge on any atom is 0.312 e. The average Bonchev–Trinajstić information content (AvgIpc) is 2.79. The van der Waals surface area contributed by atoms with Crippen molar-refractivity contribution in [3.05, 3.63) is 30.3 Å². The molecule has 1 aromatic carbocycles. The van der Waals surface area contributed by atoms with Crippen LogP contribution in [0.15, 0.2) is 30.3 Å². The molecule has 2 aliphatic heterocycles. The van der Waals surface area contributed by atoms with Gasteiger partial charge in [-0.15, -0.1) is 0 Å². The number of likely N-dealkylation sites (tertiary alicyclic amines) is 1. The molecular formula is C22H32N2O5. The van der Waals surface area contributed by atoms with Crippen molar-refractivity contribution in [1.82, 2.24) is 4.90 Å². The van der Waals surface area contributed by atoms with E-state index in [1.165, 1.54) is 7.11 Å². The lowest BCUT2D eigenvalue weighted by Gasteiger charge is -2.43. The Labute approximate surface area is 172 Å². The third kappa shape index (κ3) is 5.56. The minimum atomic E-state index is -0.391. The molecule has 0 spiro atoms. The molecule has 0 bridgehead atoms. The van der Waals surface area contributed by atoms with E-state index < -0.39 is 5.92 Å². The van der Waals surface area contributed by atoms with Crippen LogP contribution in [0, 0.1) is 5.92 Å². The van der Waals surface area contributed by atoms with Crippen molar-refractivity contribution in [1.29, 1.82) is 0 Å². The van der Waals surface area contributed by atoms with E-state index >= 15 is 0 Å². The van der Waals surface area contributed by atoms with Crippen molar-refractivity contribution in [2.24, 2.45) is 5.92 Å². The lowest BCUT2D eigenvalue weighted by Crippen LogP contribution is -2.56. The van der Waals surface area contributed by atoms with E-state index in [4.69, 9.17) is 14.2 Å². The number of hydrogen-bond acceptors (Lipinski definition) is 6. The molecule has 2 heterocycles. The number of hydrogen-bond donors (Lipinski definition) is 0. The molecule has 0 aromatic heterocycles. The first-order valence-electron chi connectivity index (χ1n) is 10.5. The Morgan fingerprint density at radius 3 is 2.59 bits per heavy atom. The van der Waals surface area contributed by atoms with E-state index in [1.807, 2.05) is 37.3 Å². The van der Waals surface area contributed by atoms with E-state index in [0.29, 0.717) is 19.4 Å². The summed E-state index contributed by atoms with van der Waals surface area (Å²) in [5.41, 5.74) is 0.829. The normalized spacial score (nSPS) is 23.5. The molecule has 160 valence electrons. The number of nitrogens with zero attached hydrogens (tertiary/aromatic N) is 2. The molecule has 7 nitrogen and oxygen atoms in total. The Morgan fingerprint density at radius 1 is 1.21 bits per heavy atom. The van der Waals surface area contributed by atoms with Crippen LogP contribution in [-0.4, -0.2) is 69.1 Å². The van der Waals surface area contributed by atoms with Gasteiger partial charge in [0.2, 0.25) is 5.91 Å². The van der Waals surface area contributed by atoms with Crippen LogP contribution in [0.1, 0.15) is 32.6 Å². The van der Waals surface area contributed by atoms with Crippen molar-refractivity contribution >= 4 is 17.6 Å². The van der Waals surface area contributed by atoms with E-state index in [1.54, 1.807) is 4.90 Å². The topological polar surface area (TPSA) is 68.3 Å². The molecule has 2 fully saturated rings. The lowest BCUT2D eigenvalue weighted by molar-refractivity contribution is -0.183. The molecule has 7 heteroatoms. The fraction of sp³-hybridized carbons (Fsp3) is 0.636. The number of amides is 1. The summed E-state index contributed by atoms with van der Waals surface area (Å²) in [6.07, 6.45) is 2.65. The van der Waals surface area contributed by atoms with Crippen LogP contribution in [0.2, 0.25) is 0 Å². The molecule has 2 aliphatic rings. The molecule has 2 unspecified atom stereocenters. The van der Waals surface area contributed by atoms with Gasteiger partial charge in [-0.1, -0.05) is 25.1 Å². The number of carbonyl (C=O) groups excluding carboxylic acids is 2. The summed E-state index contributed by atoms with van der Waals surface area (Å²) < 4.78 is 16.4. The highest BCUT2D eigenvalue weighted by molar-refractivity contribution is 5.94. The van der Waals surface area contributed by atoms with Crippen molar-refractivity contribution in [3.63, 3.8) is 0 Å². The zero-order chi connectivity index (χ0) is 20.6. The molecule has 0 N–H and O–H groups in total. The monoisotopic (exact) mass is 404 g/mol. The van der Waals surface area contributed by atoms with Crippen LogP contribution in [-0.2, 0) is 23.8 Å².